The van der Waals surface area contributed by atoms with Crippen molar-refractivity contribution < 1.29 is 9.63 Å². The van der Waals surface area contributed by atoms with Crippen LogP contribution in [0.4, 0.5) is 5.69 Å². The standard InChI is InChI=1S/C17H22N2O2/c1-2-12-8-9-14-15(10-12)18-17(20)16(14)19-21-11-13-6-4-3-5-7-13/h8-10,13H,2-7,11H2,1H3,(H,18,19,20). The maximum Gasteiger partial charge on any atom is 0.278 e. The van der Waals surface area contributed by atoms with Gasteiger partial charge in [0, 0.05) is 5.56 Å². The van der Waals surface area contributed by atoms with Gasteiger partial charge in [-0.2, -0.15) is 0 Å². The largest absolute Gasteiger partial charge is 0.395 e. The van der Waals surface area contributed by atoms with Gasteiger partial charge in [-0.05, 0) is 36.8 Å². The predicted octanol–water partition coefficient (Wildman–Crippen LogP) is 3.50. The molecule has 0 bridgehead atoms. The fourth-order valence-corrected chi connectivity index (χ4v) is 3.08. The van der Waals surface area contributed by atoms with E-state index in [4.69, 9.17) is 4.84 Å². The Hall–Kier alpha value is -1.84. The van der Waals surface area contributed by atoms with Gasteiger partial charge in [-0.3, -0.25) is 4.79 Å². The van der Waals surface area contributed by atoms with Crippen LogP contribution in [-0.4, -0.2) is 18.2 Å². The summed E-state index contributed by atoms with van der Waals surface area (Å²) in [5, 5.41) is 6.96. The number of carbonyl (C=O) groups excluding carboxylic acids is 1. The lowest BCUT2D eigenvalue weighted by Crippen LogP contribution is -2.16. The number of nitrogens with zero attached hydrogens (tertiary/aromatic N) is 1. The molecule has 0 saturated heterocycles. The summed E-state index contributed by atoms with van der Waals surface area (Å²) in [5.41, 5.74) is 3.31. The second kappa shape index (κ2) is 6.29. The van der Waals surface area contributed by atoms with E-state index in [1.807, 2.05) is 18.2 Å². The van der Waals surface area contributed by atoms with Crippen LogP contribution in [0.3, 0.4) is 0 Å². The number of oxime groups is 1. The van der Waals surface area contributed by atoms with Crippen molar-refractivity contribution in [3.63, 3.8) is 0 Å². The average molecular weight is 286 g/mol. The quantitative estimate of drug-likeness (QED) is 0.861. The number of anilines is 1. The Morgan fingerprint density at radius 3 is 2.86 bits per heavy atom. The van der Waals surface area contributed by atoms with E-state index < -0.39 is 0 Å². The van der Waals surface area contributed by atoms with Gasteiger partial charge in [0.05, 0.1) is 5.69 Å². The Balaban J connectivity index is 1.68. The minimum absolute atomic E-state index is 0.165. The number of amides is 1. The summed E-state index contributed by atoms with van der Waals surface area (Å²) in [4.78, 5) is 17.5. The molecule has 2 aliphatic rings. The van der Waals surface area contributed by atoms with Gasteiger partial charge in [-0.15, -0.1) is 0 Å². The Labute approximate surface area is 125 Å². The number of hydrogen-bond donors (Lipinski definition) is 1. The minimum atomic E-state index is -0.165. The van der Waals surface area contributed by atoms with Crippen LogP contribution >= 0.6 is 0 Å². The van der Waals surface area contributed by atoms with E-state index in [9.17, 15) is 4.79 Å². The van der Waals surface area contributed by atoms with Gasteiger partial charge in [0.25, 0.3) is 5.91 Å². The van der Waals surface area contributed by atoms with E-state index in [0.29, 0.717) is 18.2 Å². The molecular weight excluding hydrogens is 264 g/mol. The summed E-state index contributed by atoms with van der Waals surface area (Å²) in [6.07, 6.45) is 7.29. The highest BCUT2D eigenvalue weighted by Crippen LogP contribution is 2.26. The van der Waals surface area contributed by atoms with Crippen molar-refractivity contribution in [3.8, 4) is 0 Å². The van der Waals surface area contributed by atoms with Crippen LogP contribution < -0.4 is 5.32 Å². The van der Waals surface area contributed by atoms with Crippen molar-refractivity contribution in [1.82, 2.24) is 0 Å². The summed E-state index contributed by atoms with van der Waals surface area (Å²) in [6, 6.07) is 6.00. The van der Waals surface area contributed by atoms with E-state index in [1.165, 1.54) is 37.7 Å². The van der Waals surface area contributed by atoms with Crippen LogP contribution in [0.2, 0.25) is 0 Å². The molecule has 1 aromatic carbocycles. The summed E-state index contributed by atoms with van der Waals surface area (Å²) >= 11 is 0. The molecule has 4 heteroatoms. The maximum absolute atomic E-state index is 12.0. The molecule has 1 heterocycles. The number of fused-ring (bicyclic) bond motifs is 1. The molecule has 1 N–H and O–H groups in total. The monoisotopic (exact) mass is 286 g/mol. The van der Waals surface area contributed by atoms with Gasteiger partial charge in [0.2, 0.25) is 0 Å². The lowest BCUT2D eigenvalue weighted by molar-refractivity contribution is -0.110. The average Bonchev–Trinajstić information content (AvgIpc) is 2.83. The van der Waals surface area contributed by atoms with Gasteiger partial charge in [-0.25, -0.2) is 0 Å². The molecule has 112 valence electrons. The number of hydrogen-bond acceptors (Lipinski definition) is 3. The number of carbonyl (C=O) groups is 1. The first-order chi connectivity index (χ1) is 10.3. The number of aryl methyl sites for hydroxylation is 1. The minimum Gasteiger partial charge on any atom is -0.395 e. The maximum atomic E-state index is 12.0. The molecule has 1 aliphatic heterocycles. The third kappa shape index (κ3) is 3.09. The number of nitrogens with one attached hydrogen (secondary N) is 1. The molecule has 0 radical (unpaired) electrons. The van der Waals surface area contributed by atoms with Crippen LogP contribution in [0, 0.1) is 5.92 Å². The van der Waals surface area contributed by atoms with Gasteiger partial charge in [-0.1, -0.05) is 43.5 Å². The van der Waals surface area contributed by atoms with Crippen molar-refractivity contribution in [1.29, 1.82) is 0 Å². The van der Waals surface area contributed by atoms with Crippen LogP contribution in [0.15, 0.2) is 23.4 Å². The third-order valence-corrected chi connectivity index (χ3v) is 4.40. The van der Waals surface area contributed by atoms with E-state index in [1.54, 1.807) is 0 Å². The van der Waals surface area contributed by atoms with E-state index in [0.717, 1.165) is 17.7 Å². The van der Waals surface area contributed by atoms with Crippen LogP contribution in [0.25, 0.3) is 0 Å². The van der Waals surface area contributed by atoms with E-state index in [-0.39, 0.29) is 5.91 Å². The van der Waals surface area contributed by atoms with Gasteiger partial charge >= 0.3 is 0 Å². The van der Waals surface area contributed by atoms with Crippen molar-refractivity contribution in [3.05, 3.63) is 29.3 Å². The Bertz CT molecular complexity index is 560. The molecule has 21 heavy (non-hydrogen) atoms. The Morgan fingerprint density at radius 2 is 2.10 bits per heavy atom. The Morgan fingerprint density at radius 1 is 1.29 bits per heavy atom. The summed E-state index contributed by atoms with van der Waals surface area (Å²) in [7, 11) is 0. The van der Waals surface area contributed by atoms with Crippen molar-refractivity contribution in [2.24, 2.45) is 11.1 Å². The second-order valence-electron chi connectivity index (χ2n) is 5.93. The summed E-state index contributed by atoms with van der Waals surface area (Å²) in [5.74, 6) is 0.427. The second-order valence-corrected chi connectivity index (χ2v) is 5.93. The van der Waals surface area contributed by atoms with Crippen molar-refractivity contribution in [2.45, 2.75) is 45.4 Å². The first-order valence-corrected chi connectivity index (χ1v) is 7.92. The topological polar surface area (TPSA) is 50.7 Å². The number of benzene rings is 1. The lowest BCUT2D eigenvalue weighted by atomic mass is 9.90. The molecule has 1 saturated carbocycles. The molecular formula is C17H22N2O2. The fourth-order valence-electron chi connectivity index (χ4n) is 3.08. The molecule has 1 amide bonds. The fraction of sp³-hybridized carbons (Fsp3) is 0.529. The lowest BCUT2D eigenvalue weighted by Gasteiger charge is -2.19. The predicted molar refractivity (Wildman–Crippen MR) is 83.5 cm³/mol. The van der Waals surface area contributed by atoms with Crippen LogP contribution in [0.5, 0.6) is 0 Å². The van der Waals surface area contributed by atoms with E-state index in [2.05, 4.69) is 17.4 Å². The van der Waals surface area contributed by atoms with Gasteiger partial charge in [0.1, 0.15) is 6.61 Å². The normalized spacial score (nSPS) is 20.4. The summed E-state index contributed by atoms with van der Waals surface area (Å²) in [6.45, 7) is 2.72. The summed E-state index contributed by atoms with van der Waals surface area (Å²) < 4.78 is 0. The Kier molecular flexibility index (Phi) is 4.23. The van der Waals surface area contributed by atoms with Gasteiger partial charge in [0.15, 0.2) is 5.71 Å². The van der Waals surface area contributed by atoms with Crippen LogP contribution in [0.1, 0.15) is 50.2 Å². The molecule has 1 aromatic rings. The SMILES string of the molecule is CCc1ccc2c(c1)NC(=O)C2=NOCC1CCCCC1. The molecule has 0 aromatic heterocycles. The molecule has 1 aliphatic carbocycles. The molecule has 0 atom stereocenters. The molecule has 1 fully saturated rings. The van der Waals surface area contributed by atoms with Crippen molar-refractivity contribution >= 4 is 17.3 Å². The zero-order valence-electron chi connectivity index (χ0n) is 12.5. The van der Waals surface area contributed by atoms with Gasteiger partial charge < -0.3 is 10.2 Å². The molecule has 3 rings (SSSR count). The molecule has 0 spiro atoms. The highest BCUT2D eigenvalue weighted by molar-refractivity contribution is 6.53. The zero-order valence-corrected chi connectivity index (χ0v) is 12.5. The first kappa shape index (κ1) is 14.1. The van der Waals surface area contributed by atoms with Crippen LogP contribution in [-0.2, 0) is 16.1 Å². The number of rotatable bonds is 4. The first-order valence-electron chi connectivity index (χ1n) is 7.92. The highest BCUT2D eigenvalue weighted by atomic mass is 16.6. The molecule has 0 unspecified atom stereocenters. The smallest absolute Gasteiger partial charge is 0.278 e. The van der Waals surface area contributed by atoms with Crippen molar-refractivity contribution in [2.75, 3.05) is 11.9 Å². The highest BCUT2D eigenvalue weighted by Gasteiger charge is 2.27. The molecule has 4 nitrogen and oxygen atoms in total. The zero-order chi connectivity index (χ0) is 14.7. The van der Waals surface area contributed by atoms with E-state index >= 15 is 0 Å². The third-order valence-electron chi connectivity index (χ3n) is 4.40.